The van der Waals surface area contributed by atoms with Crippen molar-refractivity contribution in [3.8, 4) is 0 Å². The minimum Gasteiger partial charge on any atom is -0.384 e. The molecular weight excluding hydrogens is 236 g/mol. The second kappa shape index (κ2) is 5.69. The number of benzene rings is 1. The second-order valence-electron chi connectivity index (χ2n) is 4.81. The zero-order valence-corrected chi connectivity index (χ0v) is 11.6. The van der Waals surface area contributed by atoms with E-state index in [0.717, 1.165) is 23.8 Å². The van der Waals surface area contributed by atoms with Crippen molar-refractivity contribution in [2.45, 2.75) is 33.1 Å². The lowest BCUT2D eigenvalue weighted by atomic mass is 10.0. The normalized spacial score (nSPS) is 10.7. The third kappa shape index (κ3) is 3.22. The fourth-order valence-electron chi connectivity index (χ4n) is 1.99. The highest BCUT2D eigenvalue weighted by atomic mass is 15.1. The van der Waals surface area contributed by atoms with E-state index < -0.39 is 0 Å². The molecule has 0 radical (unpaired) electrons. The third-order valence-corrected chi connectivity index (χ3v) is 2.95. The predicted molar refractivity (Wildman–Crippen MR) is 79.6 cm³/mol. The Balaban J connectivity index is 2.33. The number of nitrogens with one attached hydrogen (secondary N) is 1. The number of hydrogen-bond donors (Lipinski definition) is 2. The van der Waals surface area contributed by atoms with Crippen molar-refractivity contribution in [3.05, 3.63) is 41.7 Å². The molecule has 0 fully saturated rings. The maximum absolute atomic E-state index is 5.80. The number of aryl methyl sites for hydroxylation is 1. The lowest BCUT2D eigenvalue weighted by Crippen LogP contribution is -2.04. The van der Waals surface area contributed by atoms with Crippen molar-refractivity contribution < 1.29 is 0 Å². The van der Waals surface area contributed by atoms with Gasteiger partial charge in [0.15, 0.2) is 0 Å². The quantitative estimate of drug-likeness (QED) is 0.879. The summed E-state index contributed by atoms with van der Waals surface area (Å²) in [4.78, 5) is 8.62. The van der Waals surface area contributed by atoms with E-state index in [9.17, 15) is 0 Å². The predicted octanol–water partition coefficient (Wildman–Crippen LogP) is 3.49. The molecular formula is C15H20N4. The largest absolute Gasteiger partial charge is 0.384 e. The Labute approximate surface area is 114 Å². The Hall–Kier alpha value is -2.10. The van der Waals surface area contributed by atoms with Crippen LogP contribution >= 0.6 is 0 Å². The number of anilines is 3. The molecule has 100 valence electrons. The van der Waals surface area contributed by atoms with E-state index in [2.05, 4.69) is 41.3 Å². The molecule has 1 heterocycles. The molecule has 1 aromatic carbocycles. The first-order valence-corrected chi connectivity index (χ1v) is 6.59. The number of rotatable bonds is 4. The molecule has 0 amide bonds. The second-order valence-corrected chi connectivity index (χ2v) is 4.81. The van der Waals surface area contributed by atoms with Gasteiger partial charge in [0.2, 0.25) is 0 Å². The van der Waals surface area contributed by atoms with Gasteiger partial charge in [-0.2, -0.15) is 0 Å². The maximum Gasteiger partial charge on any atom is 0.136 e. The molecule has 0 aliphatic rings. The zero-order valence-electron chi connectivity index (χ0n) is 11.6. The number of aromatic nitrogens is 2. The minimum atomic E-state index is 0.452. The van der Waals surface area contributed by atoms with Crippen LogP contribution in [0, 0.1) is 0 Å². The number of nitrogens with two attached hydrogens (primary N) is 1. The Morgan fingerprint density at radius 2 is 1.95 bits per heavy atom. The van der Waals surface area contributed by atoms with Crippen LogP contribution in [0.2, 0.25) is 0 Å². The Bertz CT molecular complexity index is 564. The first-order valence-electron chi connectivity index (χ1n) is 6.59. The summed E-state index contributed by atoms with van der Waals surface area (Å²) < 4.78 is 0. The maximum atomic E-state index is 5.80. The van der Waals surface area contributed by atoms with Crippen LogP contribution in [0.5, 0.6) is 0 Å². The van der Waals surface area contributed by atoms with Gasteiger partial charge in [-0.25, -0.2) is 9.97 Å². The molecule has 3 N–H and O–H groups in total. The van der Waals surface area contributed by atoms with Gasteiger partial charge in [-0.15, -0.1) is 0 Å². The molecule has 0 saturated carbocycles. The fraction of sp³-hybridized carbons (Fsp3) is 0.333. The van der Waals surface area contributed by atoms with Crippen molar-refractivity contribution in [2.24, 2.45) is 0 Å². The van der Waals surface area contributed by atoms with E-state index >= 15 is 0 Å². The lowest BCUT2D eigenvalue weighted by Gasteiger charge is -2.14. The van der Waals surface area contributed by atoms with Crippen molar-refractivity contribution in [2.75, 3.05) is 11.1 Å². The van der Waals surface area contributed by atoms with Crippen LogP contribution in [0.1, 0.15) is 38.1 Å². The summed E-state index contributed by atoms with van der Waals surface area (Å²) in [6, 6.07) is 10.00. The molecule has 1 aromatic heterocycles. The van der Waals surface area contributed by atoms with Gasteiger partial charge in [-0.3, -0.25) is 0 Å². The average Bonchev–Trinajstić information content (AvgIpc) is 2.38. The summed E-state index contributed by atoms with van der Waals surface area (Å²) in [6.45, 7) is 6.36. The van der Waals surface area contributed by atoms with Gasteiger partial charge < -0.3 is 11.1 Å². The standard InChI is InChI=1S/C15H20N4/c1-4-14-18-13(16)9-15(19-14)17-12-8-6-5-7-11(12)10(2)3/h5-10H,4H2,1-3H3,(H3,16,17,18,19). The molecule has 0 spiro atoms. The highest BCUT2D eigenvalue weighted by Gasteiger charge is 2.07. The molecule has 0 atom stereocenters. The number of nitrogens with zero attached hydrogens (tertiary/aromatic N) is 2. The van der Waals surface area contributed by atoms with Crippen LogP contribution in [0.3, 0.4) is 0 Å². The van der Waals surface area contributed by atoms with Gasteiger partial charge in [0.1, 0.15) is 17.5 Å². The number of nitrogen functional groups attached to an aromatic ring is 1. The van der Waals surface area contributed by atoms with Crippen molar-refractivity contribution >= 4 is 17.3 Å². The van der Waals surface area contributed by atoms with Gasteiger partial charge in [0.05, 0.1) is 0 Å². The summed E-state index contributed by atoms with van der Waals surface area (Å²) in [5.41, 5.74) is 8.12. The van der Waals surface area contributed by atoms with Crippen molar-refractivity contribution in [3.63, 3.8) is 0 Å². The minimum absolute atomic E-state index is 0.452. The van der Waals surface area contributed by atoms with E-state index in [-0.39, 0.29) is 0 Å². The molecule has 0 aliphatic carbocycles. The van der Waals surface area contributed by atoms with Gasteiger partial charge >= 0.3 is 0 Å². The Kier molecular flexibility index (Phi) is 4.00. The fourth-order valence-corrected chi connectivity index (χ4v) is 1.99. The zero-order chi connectivity index (χ0) is 13.8. The molecule has 4 nitrogen and oxygen atoms in total. The van der Waals surface area contributed by atoms with Crippen molar-refractivity contribution in [1.29, 1.82) is 0 Å². The molecule has 4 heteroatoms. The Morgan fingerprint density at radius 1 is 1.21 bits per heavy atom. The van der Waals surface area contributed by atoms with Crippen LogP contribution in [-0.2, 0) is 6.42 Å². The SMILES string of the molecule is CCc1nc(N)cc(Nc2ccccc2C(C)C)n1. The van der Waals surface area contributed by atoms with Gasteiger partial charge in [0.25, 0.3) is 0 Å². The van der Waals surface area contributed by atoms with Crippen LogP contribution in [0.4, 0.5) is 17.3 Å². The first-order chi connectivity index (χ1) is 9.10. The van der Waals surface area contributed by atoms with Crippen molar-refractivity contribution in [1.82, 2.24) is 9.97 Å². The monoisotopic (exact) mass is 256 g/mol. The number of para-hydroxylation sites is 1. The Morgan fingerprint density at radius 3 is 2.63 bits per heavy atom. The lowest BCUT2D eigenvalue weighted by molar-refractivity contribution is 0.868. The summed E-state index contributed by atoms with van der Waals surface area (Å²) in [5, 5.41) is 3.34. The molecule has 0 bridgehead atoms. The van der Waals surface area contributed by atoms with Crippen LogP contribution in [0.15, 0.2) is 30.3 Å². The summed E-state index contributed by atoms with van der Waals surface area (Å²) in [6.07, 6.45) is 0.769. The van der Waals surface area contributed by atoms with Gasteiger partial charge in [0, 0.05) is 18.2 Å². The smallest absolute Gasteiger partial charge is 0.136 e. The summed E-state index contributed by atoms with van der Waals surface area (Å²) in [7, 11) is 0. The van der Waals surface area contributed by atoms with E-state index in [1.807, 2.05) is 19.1 Å². The summed E-state index contributed by atoms with van der Waals surface area (Å²) >= 11 is 0. The van der Waals surface area contributed by atoms with Crippen LogP contribution in [-0.4, -0.2) is 9.97 Å². The van der Waals surface area contributed by atoms with E-state index in [0.29, 0.717) is 11.7 Å². The van der Waals surface area contributed by atoms with E-state index in [4.69, 9.17) is 5.73 Å². The topological polar surface area (TPSA) is 63.8 Å². The first kappa shape index (κ1) is 13.3. The van der Waals surface area contributed by atoms with Gasteiger partial charge in [-0.05, 0) is 17.5 Å². The highest BCUT2D eigenvalue weighted by Crippen LogP contribution is 2.26. The average molecular weight is 256 g/mol. The molecule has 0 aliphatic heterocycles. The van der Waals surface area contributed by atoms with E-state index in [1.165, 1.54) is 5.56 Å². The highest BCUT2D eigenvalue weighted by molar-refractivity contribution is 5.62. The third-order valence-electron chi connectivity index (χ3n) is 2.95. The summed E-state index contributed by atoms with van der Waals surface area (Å²) in [5.74, 6) is 2.45. The van der Waals surface area contributed by atoms with Gasteiger partial charge in [-0.1, -0.05) is 39.0 Å². The van der Waals surface area contributed by atoms with Crippen LogP contribution < -0.4 is 11.1 Å². The molecule has 0 unspecified atom stereocenters. The van der Waals surface area contributed by atoms with Crippen LogP contribution in [0.25, 0.3) is 0 Å². The number of hydrogen-bond acceptors (Lipinski definition) is 4. The van der Waals surface area contributed by atoms with E-state index in [1.54, 1.807) is 6.07 Å². The molecule has 2 rings (SSSR count). The molecule has 19 heavy (non-hydrogen) atoms. The molecule has 0 saturated heterocycles. The molecule has 2 aromatic rings.